The summed E-state index contributed by atoms with van der Waals surface area (Å²) in [6.45, 7) is 5.15. The SMILES string of the molecule is CCCCOc1ccc(SCc2ccc(C3CCC(CCCC)CC3)cc2)c(C#N)c1. The highest BCUT2D eigenvalue weighted by molar-refractivity contribution is 7.98. The smallest absolute Gasteiger partial charge is 0.120 e. The second-order valence-corrected chi connectivity index (χ2v) is 9.88. The lowest BCUT2D eigenvalue weighted by Crippen LogP contribution is -2.13. The molecule has 0 N–H and O–H groups in total. The quantitative estimate of drug-likeness (QED) is 0.262. The van der Waals surface area contributed by atoms with Crippen molar-refractivity contribution in [1.29, 1.82) is 5.26 Å². The van der Waals surface area contributed by atoms with Gasteiger partial charge < -0.3 is 4.74 Å². The van der Waals surface area contributed by atoms with Crippen LogP contribution in [0.3, 0.4) is 0 Å². The molecule has 0 spiro atoms. The van der Waals surface area contributed by atoms with E-state index in [1.807, 2.05) is 18.2 Å². The van der Waals surface area contributed by atoms with E-state index in [1.54, 1.807) is 11.8 Å². The summed E-state index contributed by atoms with van der Waals surface area (Å²) in [5, 5.41) is 9.54. The van der Waals surface area contributed by atoms with Crippen LogP contribution in [0.1, 0.15) is 94.2 Å². The average Bonchev–Trinajstić information content (AvgIpc) is 2.82. The maximum atomic E-state index is 9.54. The molecule has 0 heterocycles. The maximum Gasteiger partial charge on any atom is 0.120 e. The number of benzene rings is 2. The second-order valence-electron chi connectivity index (χ2n) is 8.86. The van der Waals surface area contributed by atoms with E-state index in [0.717, 1.165) is 41.1 Å². The van der Waals surface area contributed by atoms with Gasteiger partial charge in [0.05, 0.1) is 12.2 Å². The highest BCUT2D eigenvalue weighted by Crippen LogP contribution is 2.38. The number of hydrogen-bond acceptors (Lipinski definition) is 3. The third-order valence-corrected chi connectivity index (χ3v) is 7.64. The average molecular weight is 436 g/mol. The van der Waals surface area contributed by atoms with Crippen LogP contribution >= 0.6 is 11.8 Å². The number of ether oxygens (including phenoxy) is 1. The summed E-state index contributed by atoms with van der Waals surface area (Å²) in [6, 6.07) is 17.4. The molecule has 166 valence electrons. The molecule has 2 aromatic carbocycles. The Labute approximate surface area is 193 Å². The van der Waals surface area contributed by atoms with E-state index in [1.165, 1.54) is 56.1 Å². The first-order chi connectivity index (χ1) is 15.2. The van der Waals surface area contributed by atoms with Crippen LogP contribution in [0.5, 0.6) is 5.75 Å². The molecule has 2 aromatic rings. The molecular weight excluding hydrogens is 398 g/mol. The molecule has 0 aromatic heterocycles. The van der Waals surface area contributed by atoms with Gasteiger partial charge in [-0.15, -0.1) is 11.8 Å². The zero-order valence-corrected chi connectivity index (χ0v) is 20.1. The predicted octanol–water partition coefficient (Wildman–Crippen LogP) is 8.49. The van der Waals surface area contributed by atoms with Gasteiger partial charge in [-0.2, -0.15) is 5.26 Å². The van der Waals surface area contributed by atoms with E-state index in [0.29, 0.717) is 12.2 Å². The fraction of sp³-hybridized carbons (Fsp3) is 0.536. The number of nitrogens with zero attached hydrogens (tertiary/aromatic N) is 1. The number of thioether (sulfide) groups is 1. The summed E-state index contributed by atoms with van der Waals surface area (Å²) >= 11 is 1.73. The van der Waals surface area contributed by atoms with Crippen molar-refractivity contribution in [3.63, 3.8) is 0 Å². The Morgan fingerprint density at radius 2 is 1.71 bits per heavy atom. The van der Waals surface area contributed by atoms with Gasteiger partial charge in [0.2, 0.25) is 0 Å². The Hall–Kier alpha value is -1.92. The lowest BCUT2D eigenvalue weighted by molar-refractivity contribution is 0.304. The summed E-state index contributed by atoms with van der Waals surface area (Å²) in [5.41, 5.74) is 3.53. The molecule has 0 amide bonds. The van der Waals surface area contributed by atoms with Gasteiger partial charge in [0.15, 0.2) is 0 Å². The van der Waals surface area contributed by atoms with E-state index in [9.17, 15) is 5.26 Å². The standard InChI is InChI=1S/C28H37NOS/c1-3-5-7-22-8-12-24(13-9-22)25-14-10-23(11-15-25)21-31-28-17-16-27(19-26(28)20-29)30-18-6-4-2/h10-11,14-17,19,22,24H,3-9,12-13,18,21H2,1-2H3. The van der Waals surface area contributed by atoms with Gasteiger partial charge in [0.25, 0.3) is 0 Å². The van der Waals surface area contributed by atoms with Crippen LogP contribution in [0.2, 0.25) is 0 Å². The van der Waals surface area contributed by atoms with Crippen molar-refractivity contribution >= 4 is 11.8 Å². The maximum absolute atomic E-state index is 9.54. The third-order valence-electron chi connectivity index (χ3n) is 6.50. The van der Waals surface area contributed by atoms with Gasteiger partial charge in [0.1, 0.15) is 11.8 Å². The van der Waals surface area contributed by atoms with Gasteiger partial charge >= 0.3 is 0 Å². The minimum atomic E-state index is 0.704. The number of rotatable bonds is 11. The van der Waals surface area contributed by atoms with Gasteiger partial charge in [0, 0.05) is 10.6 Å². The van der Waals surface area contributed by atoms with E-state index in [4.69, 9.17) is 4.74 Å². The molecule has 31 heavy (non-hydrogen) atoms. The lowest BCUT2D eigenvalue weighted by atomic mass is 9.77. The predicted molar refractivity (Wildman–Crippen MR) is 132 cm³/mol. The van der Waals surface area contributed by atoms with Crippen molar-refractivity contribution in [2.24, 2.45) is 5.92 Å². The molecule has 0 aliphatic heterocycles. The van der Waals surface area contributed by atoms with Crippen molar-refractivity contribution < 1.29 is 4.74 Å². The van der Waals surface area contributed by atoms with Crippen molar-refractivity contribution in [1.82, 2.24) is 0 Å². The van der Waals surface area contributed by atoms with E-state index in [-0.39, 0.29) is 0 Å². The van der Waals surface area contributed by atoms with Gasteiger partial charge in [-0.25, -0.2) is 0 Å². The first kappa shape index (κ1) is 23.7. The number of unbranched alkanes of at least 4 members (excludes halogenated alkanes) is 2. The molecule has 2 nitrogen and oxygen atoms in total. The van der Waals surface area contributed by atoms with Crippen molar-refractivity contribution in [2.75, 3.05) is 6.61 Å². The van der Waals surface area contributed by atoms with Crippen LogP contribution in [0.4, 0.5) is 0 Å². The molecule has 3 heteroatoms. The molecule has 1 aliphatic carbocycles. The molecule has 0 saturated heterocycles. The summed E-state index contributed by atoms with van der Waals surface area (Å²) < 4.78 is 5.74. The third kappa shape index (κ3) is 7.32. The molecular formula is C28H37NOS. The molecule has 0 bridgehead atoms. The molecule has 3 rings (SSSR count). The zero-order valence-electron chi connectivity index (χ0n) is 19.2. The first-order valence-electron chi connectivity index (χ1n) is 12.1. The lowest BCUT2D eigenvalue weighted by Gasteiger charge is -2.29. The van der Waals surface area contributed by atoms with Crippen LogP contribution in [0.25, 0.3) is 0 Å². The number of nitriles is 1. The molecule has 0 atom stereocenters. The fourth-order valence-corrected chi connectivity index (χ4v) is 5.41. The minimum absolute atomic E-state index is 0.704. The van der Waals surface area contributed by atoms with Crippen LogP contribution in [0, 0.1) is 17.2 Å². The largest absolute Gasteiger partial charge is 0.494 e. The van der Waals surface area contributed by atoms with Crippen molar-refractivity contribution in [3.8, 4) is 11.8 Å². The van der Waals surface area contributed by atoms with Crippen molar-refractivity contribution in [2.45, 2.75) is 88.2 Å². The molecule has 0 unspecified atom stereocenters. The Balaban J connectivity index is 1.51. The van der Waals surface area contributed by atoms with Crippen LogP contribution < -0.4 is 4.74 Å². The molecule has 1 fully saturated rings. The van der Waals surface area contributed by atoms with Crippen LogP contribution in [-0.2, 0) is 5.75 Å². The van der Waals surface area contributed by atoms with E-state index in [2.05, 4.69) is 44.2 Å². The molecule has 1 saturated carbocycles. The monoisotopic (exact) mass is 435 g/mol. The van der Waals surface area contributed by atoms with Gasteiger partial charge in [-0.1, -0.05) is 63.8 Å². The summed E-state index contributed by atoms with van der Waals surface area (Å²) in [7, 11) is 0. The Morgan fingerprint density at radius 1 is 0.968 bits per heavy atom. The van der Waals surface area contributed by atoms with E-state index < -0.39 is 0 Å². The fourth-order valence-electron chi connectivity index (χ4n) is 4.47. The Kier molecular flexibility index (Phi) is 9.82. The summed E-state index contributed by atoms with van der Waals surface area (Å²) in [6.07, 6.45) is 11.8. The first-order valence-corrected chi connectivity index (χ1v) is 13.1. The van der Waals surface area contributed by atoms with Gasteiger partial charge in [-0.05, 0) is 73.3 Å². The Bertz CT molecular complexity index is 831. The van der Waals surface area contributed by atoms with Crippen LogP contribution in [0.15, 0.2) is 47.4 Å². The minimum Gasteiger partial charge on any atom is -0.494 e. The van der Waals surface area contributed by atoms with E-state index >= 15 is 0 Å². The highest BCUT2D eigenvalue weighted by atomic mass is 32.2. The molecule has 0 radical (unpaired) electrons. The summed E-state index contributed by atoms with van der Waals surface area (Å²) in [4.78, 5) is 1.03. The Morgan fingerprint density at radius 3 is 2.39 bits per heavy atom. The van der Waals surface area contributed by atoms with Gasteiger partial charge in [-0.3, -0.25) is 0 Å². The topological polar surface area (TPSA) is 33.0 Å². The number of hydrogen-bond donors (Lipinski definition) is 0. The van der Waals surface area contributed by atoms with Crippen molar-refractivity contribution in [3.05, 3.63) is 59.2 Å². The normalized spacial score (nSPS) is 18.5. The second kappa shape index (κ2) is 12.8. The highest BCUT2D eigenvalue weighted by Gasteiger charge is 2.21. The summed E-state index contributed by atoms with van der Waals surface area (Å²) in [5.74, 6) is 3.38. The van der Waals surface area contributed by atoms with Crippen LogP contribution in [-0.4, -0.2) is 6.61 Å². The molecule has 1 aliphatic rings. The zero-order chi connectivity index (χ0) is 21.9.